The van der Waals surface area contributed by atoms with Crippen molar-refractivity contribution in [1.29, 1.82) is 0 Å². The maximum atomic E-state index is 9.58. The lowest BCUT2D eigenvalue weighted by atomic mass is 10.3. The van der Waals surface area contributed by atoms with Gasteiger partial charge in [-0.25, -0.2) is 10.1 Å². The van der Waals surface area contributed by atoms with Crippen molar-refractivity contribution in [3.8, 4) is 5.75 Å². The minimum Gasteiger partial charge on any atom is -0.505 e. The second kappa shape index (κ2) is 7.61. The lowest BCUT2D eigenvalue weighted by molar-refractivity contribution is -0.432. The Morgan fingerprint density at radius 2 is 2.06 bits per heavy atom. The highest BCUT2D eigenvalue weighted by atomic mass is 32.2. The fraction of sp³-hybridized carbons (Fsp3) is 0.250. The van der Waals surface area contributed by atoms with Gasteiger partial charge in [0.15, 0.2) is 5.75 Å². The zero-order chi connectivity index (χ0) is 12.7. The van der Waals surface area contributed by atoms with E-state index in [9.17, 15) is 5.11 Å². The first kappa shape index (κ1) is 14.4. The molecule has 0 aromatic heterocycles. The Bertz CT molecular complexity index is 364. The molecule has 1 aromatic rings. The van der Waals surface area contributed by atoms with E-state index in [-0.39, 0.29) is 16.3 Å². The van der Waals surface area contributed by atoms with Gasteiger partial charge in [0, 0.05) is 4.90 Å². The molecule has 0 fully saturated rings. The molecule has 0 aliphatic rings. The fourth-order valence-electron chi connectivity index (χ4n) is 0.878. The van der Waals surface area contributed by atoms with Crippen LogP contribution in [0.3, 0.4) is 0 Å². The Morgan fingerprint density at radius 3 is 2.71 bits per heavy atom. The first-order valence-corrected chi connectivity index (χ1v) is 5.90. The van der Waals surface area contributed by atoms with Crippen LogP contribution in [0.5, 0.6) is 5.75 Å². The third-order valence-electron chi connectivity index (χ3n) is 1.53. The highest BCUT2D eigenvalue weighted by molar-refractivity contribution is 7.95. The van der Waals surface area contributed by atoms with Crippen LogP contribution in [-0.4, -0.2) is 17.0 Å². The molecule has 0 saturated heterocycles. The summed E-state index contributed by atoms with van der Waals surface area (Å²) < 4.78 is 8.98. The van der Waals surface area contributed by atoms with Crippen LogP contribution in [0.4, 0.5) is 5.69 Å². The van der Waals surface area contributed by atoms with Crippen LogP contribution >= 0.6 is 24.1 Å². The molecule has 0 radical (unpaired) electrons. The second-order valence-corrected chi connectivity index (χ2v) is 4.16. The van der Waals surface area contributed by atoms with Gasteiger partial charge in [-0.2, -0.15) is 4.33 Å². The van der Waals surface area contributed by atoms with E-state index in [1.807, 2.05) is 0 Å². The summed E-state index contributed by atoms with van der Waals surface area (Å²) in [5.41, 5.74) is 5.70. The smallest absolute Gasteiger partial charge is 0.154 e. The molecule has 0 spiro atoms. The van der Waals surface area contributed by atoms with E-state index in [0.29, 0.717) is 23.5 Å². The summed E-state index contributed by atoms with van der Waals surface area (Å²) in [5, 5.41) is 21.0. The van der Waals surface area contributed by atoms with Crippen molar-refractivity contribution < 1.29 is 29.0 Å². The quantitative estimate of drug-likeness (QED) is 0.173. The molecular weight excluding hydrogens is 270 g/mol. The van der Waals surface area contributed by atoms with E-state index < -0.39 is 0 Å². The third-order valence-corrected chi connectivity index (χ3v) is 2.74. The van der Waals surface area contributed by atoms with Gasteiger partial charge >= 0.3 is 0 Å². The van der Waals surface area contributed by atoms with Crippen molar-refractivity contribution in [3.05, 3.63) is 12.1 Å². The van der Waals surface area contributed by atoms with E-state index in [2.05, 4.69) is 14.3 Å². The molecule has 0 aliphatic heterocycles. The predicted molar refractivity (Wildman–Crippen MR) is 61.7 cm³/mol. The first-order valence-electron chi connectivity index (χ1n) is 4.42. The summed E-state index contributed by atoms with van der Waals surface area (Å²) in [7, 11) is 0. The summed E-state index contributed by atoms with van der Waals surface area (Å²) in [6.07, 6.45) is 0. The molecule has 0 aliphatic carbocycles. The van der Waals surface area contributed by atoms with Gasteiger partial charge in [-0.1, -0.05) is 5.04 Å². The van der Waals surface area contributed by atoms with Crippen molar-refractivity contribution in [1.82, 2.24) is 0 Å². The van der Waals surface area contributed by atoms with Gasteiger partial charge in [0.05, 0.1) is 41.3 Å². The van der Waals surface area contributed by atoms with Crippen molar-refractivity contribution >= 4 is 29.8 Å². The Labute approximate surface area is 106 Å². The maximum absolute atomic E-state index is 9.58. The molecule has 0 atom stereocenters. The van der Waals surface area contributed by atoms with E-state index >= 15 is 0 Å². The molecule has 1 aromatic carbocycles. The summed E-state index contributed by atoms with van der Waals surface area (Å²) in [6.45, 7) is 2.18. The number of phenolic OH excluding ortho intramolecular Hbond substituents is 1. The molecule has 9 heteroatoms. The van der Waals surface area contributed by atoms with Crippen LogP contribution in [0, 0.1) is 0 Å². The molecule has 17 heavy (non-hydrogen) atoms. The topological polar surface area (TPSA) is 103 Å². The zero-order valence-corrected chi connectivity index (χ0v) is 10.4. The minimum absolute atomic E-state index is 0.138. The van der Waals surface area contributed by atoms with Crippen molar-refractivity contribution in [2.45, 2.75) is 16.7 Å². The summed E-state index contributed by atoms with van der Waals surface area (Å²) >= 11 is 1.53. The van der Waals surface area contributed by atoms with Crippen molar-refractivity contribution in [2.24, 2.45) is 0 Å². The molecule has 0 bridgehead atoms. The maximum Gasteiger partial charge on any atom is 0.154 e. The van der Waals surface area contributed by atoms with E-state index in [1.165, 1.54) is 12.1 Å². The number of aromatic hydroxyl groups is 1. The predicted octanol–water partition coefficient (Wildman–Crippen LogP) is 2.38. The molecule has 7 nitrogen and oxygen atoms in total. The number of anilines is 1. The number of rotatable bonds is 7. The summed E-state index contributed by atoms with van der Waals surface area (Å²) in [6, 6.07) is 3.03. The average molecular weight is 281 g/mol. The van der Waals surface area contributed by atoms with Gasteiger partial charge in [0.1, 0.15) is 0 Å². The van der Waals surface area contributed by atoms with Gasteiger partial charge in [-0.15, -0.1) is 4.33 Å². The number of hydrogen-bond acceptors (Lipinski definition) is 9. The molecule has 0 saturated carbocycles. The largest absolute Gasteiger partial charge is 0.505 e. The number of nitrogen functional groups attached to an aromatic ring is 1. The molecule has 0 unspecified atom stereocenters. The van der Waals surface area contributed by atoms with Crippen molar-refractivity contribution in [3.63, 3.8) is 0 Å². The van der Waals surface area contributed by atoms with Crippen LogP contribution in [0.25, 0.3) is 0 Å². The number of hydrogen-bond donors (Lipinski definition) is 3. The standard InChI is InChI=1S/C8H11NO6S2/c1-2-12-14-16-5-3-6(9)8(10)7(4-5)17-15-13-11/h3-4,10-11H,2,9H2,1H3. The van der Waals surface area contributed by atoms with Crippen LogP contribution < -0.4 is 5.73 Å². The Balaban J connectivity index is 2.74. The molecule has 4 N–H and O–H groups in total. The fourth-order valence-corrected chi connectivity index (χ4v) is 1.99. The van der Waals surface area contributed by atoms with Gasteiger partial charge in [0.2, 0.25) is 0 Å². The highest BCUT2D eigenvalue weighted by Gasteiger charge is 2.11. The summed E-state index contributed by atoms with van der Waals surface area (Å²) in [5.74, 6) is -0.173. The number of phenols is 1. The van der Waals surface area contributed by atoms with Gasteiger partial charge in [0.25, 0.3) is 0 Å². The van der Waals surface area contributed by atoms with Gasteiger partial charge in [-0.05, 0) is 19.1 Å². The number of benzene rings is 1. The number of nitrogens with two attached hydrogens (primary N) is 1. The monoisotopic (exact) mass is 281 g/mol. The van der Waals surface area contributed by atoms with E-state index in [4.69, 9.17) is 15.3 Å². The SMILES string of the molecule is CCOOSc1cc(N)c(O)c(SOOO)c1. The minimum atomic E-state index is -0.173. The Morgan fingerprint density at radius 1 is 1.29 bits per heavy atom. The van der Waals surface area contributed by atoms with Crippen LogP contribution in [0.1, 0.15) is 6.92 Å². The summed E-state index contributed by atoms with van der Waals surface area (Å²) in [4.78, 5) is 5.55. The van der Waals surface area contributed by atoms with Crippen molar-refractivity contribution in [2.75, 3.05) is 12.3 Å². The van der Waals surface area contributed by atoms with Crippen LogP contribution in [0.15, 0.2) is 21.9 Å². The molecule has 0 heterocycles. The normalized spacial score (nSPS) is 10.7. The Hall–Kier alpha value is -0.680. The van der Waals surface area contributed by atoms with Gasteiger partial charge < -0.3 is 10.8 Å². The van der Waals surface area contributed by atoms with Crippen LogP contribution in [0.2, 0.25) is 0 Å². The van der Waals surface area contributed by atoms with E-state index in [1.54, 1.807) is 6.92 Å². The molecular formula is C8H11NO6S2. The molecule has 0 amide bonds. The lowest BCUT2D eigenvalue weighted by Gasteiger charge is -2.07. The van der Waals surface area contributed by atoms with Gasteiger partial charge in [-0.3, -0.25) is 0 Å². The Kier molecular flexibility index (Phi) is 6.44. The average Bonchev–Trinajstić information content (AvgIpc) is 2.32. The second-order valence-electron chi connectivity index (χ2n) is 2.64. The molecule has 1 rings (SSSR count). The van der Waals surface area contributed by atoms with E-state index in [0.717, 1.165) is 12.0 Å². The molecule has 96 valence electrons. The highest BCUT2D eigenvalue weighted by Crippen LogP contribution is 2.38. The van der Waals surface area contributed by atoms with Crippen LogP contribution in [-0.2, 0) is 18.6 Å². The first-order chi connectivity index (χ1) is 8.19. The third kappa shape index (κ3) is 4.60. The lowest BCUT2D eigenvalue weighted by Crippen LogP contribution is -1.91. The zero-order valence-electron chi connectivity index (χ0n) is 8.78.